The summed E-state index contributed by atoms with van der Waals surface area (Å²) >= 11 is 0. The van der Waals surface area contributed by atoms with Gasteiger partial charge in [0.2, 0.25) is 0 Å². The van der Waals surface area contributed by atoms with Gasteiger partial charge in [-0.05, 0) is 89.7 Å². The first-order valence-electron chi connectivity index (χ1n) is 15.6. The summed E-state index contributed by atoms with van der Waals surface area (Å²) in [5, 5.41) is 10.6. The van der Waals surface area contributed by atoms with Gasteiger partial charge >= 0.3 is 0 Å². The average Bonchev–Trinajstić information content (AvgIpc) is 2.96. The van der Waals surface area contributed by atoms with Gasteiger partial charge in [0.05, 0.1) is 0 Å². The first kappa shape index (κ1) is 30.0. The van der Waals surface area contributed by atoms with Gasteiger partial charge in [-0.1, -0.05) is 103 Å². The number of para-hydroxylation sites is 3. The van der Waals surface area contributed by atoms with Crippen LogP contribution in [0, 0.1) is 23.2 Å². The molecule has 3 aliphatic rings. The molecular formula is C37H53N3. The third-order valence-electron chi connectivity index (χ3n) is 9.01. The number of nitrogens with one attached hydrogen (secondary N) is 3. The molecule has 0 fully saturated rings. The SMILES string of the molecule is CC(C)(C)C1CCNc2ccccc21.CC(C)C1CCc2ccccc2N1.CC(C)C1CNc2ccccc2C1. The summed E-state index contributed by atoms with van der Waals surface area (Å²) in [6.45, 7) is 18.4. The summed E-state index contributed by atoms with van der Waals surface area (Å²) < 4.78 is 0. The van der Waals surface area contributed by atoms with Gasteiger partial charge in [-0.15, -0.1) is 0 Å². The molecule has 0 saturated heterocycles. The second-order valence-electron chi connectivity index (χ2n) is 13.7. The molecular weight excluding hydrogens is 486 g/mol. The molecule has 6 rings (SSSR count). The lowest BCUT2D eigenvalue weighted by molar-refractivity contribution is 0.305. The molecule has 0 radical (unpaired) electrons. The van der Waals surface area contributed by atoms with Crippen molar-refractivity contribution in [3.05, 3.63) is 89.5 Å². The molecule has 3 aromatic rings. The number of benzene rings is 3. The Balaban J connectivity index is 0.000000139. The maximum absolute atomic E-state index is 3.60. The van der Waals surface area contributed by atoms with E-state index in [1.165, 1.54) is 59.4 Å². The van der Waals surface area contributed by atoms with Crippen LogP contribution in [0.25, 0.3) is 0 Å². The Bertz CT molecular complexity index is 1140. The Morgan fingerprint density at radius 1 is 0.675 bits per heavy atom. The molecule has 0 amide bonds. The number of aryl methyl sites for hydroxylation is 1. The van der Waals surface area contributed by atoms with Crippen molar-refractivity contribution in [3.8, 4) is 0 Å². The van der Waals surface area contributed by atoms with Crippen LogP contribution < -0.4 is 16.0 Å². The van der Waals surface area contributed by atoms with Crippen molar-refractivity contribution in [1.82, 2.24) is 0 Å². The van der Waals surface area contributed by atoms with Gasteiger partial charge in [-0.2, -0.15) is 0 Å². The van der Waals surface area contributed by atoms with Crippen molar-refractivity contribution in [1.29, 1.82) is 0 Å². The second-order valence-corrected chi connectivity index (χ2v) is 13.7. The first-order valence-corrected chi connectivity index (χ1v) is 15.6. The van der Waals surface area contributed by atoms with Gasteiger partial charge in [0, 0.05) is 36.2 Å². The minimum absolute atomic E-state index is 0.373. The number of hydrogen-bond acceptors (Lipinski definition) is 3. The zero-order valence-electron chi connectivity index (χ0n) is 26.1. The molecule has 3 unspecified atom stereocenters. The quantitative estimate of drug-likeness (QED) is 0.303. The van der Waals surface area contributed by atoms with Gasteiger partial charge in [-0.25, -0.2) is 0 Å². The van der Waals surface area contributed by atoms with E-state index in [-0.39, 0.29) is 0 Å². The zero-order valence-corrected chi connectivity index (χ0v) is 26.1. The fourth-order valence-electron chi connectivity index (χ4n) is 6.27. The van der Waals surface area contributed by atoms with Crippen LogP contribution in [0.1, 0.15) is 83.9 Å². The van der Waals surface area contributed by atoms with E-state index < -0.39 is 0 Å². The molecule has 216 valence electrons. The Morgan fingerprint density at radius 3 is 1.98 bits per heavy atom. The molecule has 0 aliphatic carbocycles. The molecule has 3 heterocycles. The maximum Gasteiger partial charge on any atom is 0.0375 e. The van der Waals surface area contributed by atoms with Crippen LogP contribution in [0.15, 0.2) is 72.8 Å². The fraction of sp³-hybridized carbons (Fsp3) is 0.514. The molecule has 3 N–H and O–H groups in total. The van der Waals surface area contributed by atoms with E-state index in [9.17, 15) is 0 Å². The lowest BCUT2D eigenvalue weighted by Gasteiger charge is -2.36. The minimum Gasteiger partial charge on any atom is -0.385 e. The first-order chi connectivity index (χ1) is 19.1. The zero-order chi connectivity index (χ0) is 28.7. The van der Waals surface area contributed by atoms with Crippen LogP contribution in [0.2, 0.25) is 0 Å². The largest absolute Gasteiger partial charge is 0.385 e. The van der Waals surface area contributed by atoms with Gasteiger partial charge in [-0.3, -0.25) is 0 Å². The van der Waals surface area contributed by atoms with Crippen LogP contribution >= 0.6 is 0 Å². The number of rotatable bonds is 2. The Hall–Kier alpha value is -2.94. The van der Waals surface area contributed by atoms with Crippen molar-refractivity contribution in [2.75, 3.05) is 29.0 Å². The predicted molar refractivity (Wildman–Crippen MR) is 176 cm³/mol. The Morgan fingerprint density at radius 2 is 1.30 bits per heavy atom. The number of fused-ring (bicyclic) bond motifs is 3. The summed E-state index contributed by atoms with van der Waals surface area (Å²) in [6.07, 6.45) is 4.99. The van der Waals surface area contributed by atoms with E-state index in [0.717, 1.165) is 30.8 Å². The lowest BCUT2D eigenvalue weighted by atomic mass is 9.73. The van der Waals surface area contributed by atoms with E-state index in [0.29, 0.717) is 17.4 Å². The van der Waals surface area contributed by atoms with Crippen LogP contribution in [-0.4, -0.2) is 19.1 Å². The molecule has 3 atom stereocenters. The van der Waals surface area contributed by atoms with Gasteiger partial charge in [0.15, 0.2) is 0 Å². The molecule has 0 bridgehead atoms. The molecule has 0 aromatic heterocycles. The lowest BCUT2D eigenvalue weighted by Crippen LogP contribution is -2.30. The van der Waals surface area contributed by atoms with E-state index in [1.54, 1.807) is 0 Å². The van der Waals surface area contributed by atoms with E-state index in [2.05, 4.69) is 137 Å². The summed E-state index contributed by atoms with van der Waals surface area (Å²) in [5.74, 6) is 3.00. The third-order valence-corrected chi connectivity index (χ3v) is 9.01. The molecule has 40 heavy (non-hydrogen) atoms. The van der Waals surface area contributed by atoms with Gasteiger partial charge in [0.25, 0.3) is 0 Å². The molecule has 3 aliphatic heterocycles. The number of anilines is 3. The topological polar surface area (TPSA) is 36.1 Å². The van der Waals surface area contributed by atoms with E-state index in [1.807, 2.05) is 0 Å². The summed E-state index contributed by atoms with van der Waals surface area (Å²) in [6, 6.07) is 26.6. The fourth-order valence-corrected chi connectivity index (χ4v) is 6.27. The van der Waals surface area contributed by atoms with E-state index >= 15 is 0 Å². The van der Waals surface area contributed by atoms with Crippen LogP contribution in [0.3, 0.4) is 0 Å². The minimum atomic E-state index is 0.373. The summed E-state index contributed by atoms with van der Waals surface area (Å²) in [7, 11) is 0. The highest BCUT2D eigenvalue weighted by atomic mass is 14.9. The van der Waals surface area contributed by atoms with Crippen molar-refractivity contribution in [2.45, 2.75) is 86.1 Å². The molecule has 0 spiro atoms. The molecule has 3 nitrogen and oxygen atoms in total. The summed E-state index contributed by atoms with van der Waals surface area (Å²) in [5.41, 5.74) is 8.82. The predicted octanol–water partition coefficient (Wildman–Crippen LogP) is 9.63. The van der Waals surface area contributed by atoms with E-state index in [4.69, 9.17) is 0 Å². The monoisotopic (exact) mass is 539 g/mol. The highest BCUT2D eigenvalue weighted by Gasteiger charge is 2.29. The van der Waals surface area contributed by atoms with Crippen molar-refractivity contribution >= 4 is 17.1 Å². The maximum atomic E-state index is 3.60. The van der Waals surface area contributed by atoms with Crippen molar-refractivity contribution in [2.24, 2.45) is 23.2 Å². The van der Waals surface area contributed by atoms with Crippen LogP contribution in [0.5, 0.6) is 0 Å². The standard InChI is InChI=1S/C13H19N.2C12H17N/c1-13(2,3)11-8-9-14-12-7-5-4-6-10(11)12;1-9(2)11-7-10-5-3-4-6-12(10)13-8-11;1-9(2)11-8-7-10-5-3-4-6-12(10)13-11/h4-7,11,14H,8-9H2,1-3H3;2*3-6,9,11,13H,7-8H2,1-2H3. The van der Waals surface area contributed by atoms with Crippen LogP contribution in [-0.2, 0) is 12.8 Å². The Kier molecular flexibility index (Phi) is 10.2. The molecule has 0 saturated carbocycles. The molecule has 3 aromatic carbocycles. The number of hydrogen-bond donors (Lipinski definition) is 3. The van der Waals surface area contributed by atoms with Crippen LogP contribution in [0.4, 0.5) is 17.1 Å². The van der Waals surface area contributed by atoms with Crippen molar-refractivity contribution in [3.63, 3.8) is 0 Å². The normalized spacial score (nSPS) is 21.1. The third kappa shape index (κ3) is 7.83. The Labute approximate surface area is 244 Å². The van der Waals surface area contributed by atoms with Gasteiger partial charge < -0.3 is 16.0 Å². The second kappa shape index (κ2) is 13.6. The highest BCUT2D eigenvalue weighted by molar-refractivity contribution is 5.55. The highest BCUT2D eigenvalue weighted by Crippen LogP contribution is 2.42. The van der Waals surface area contributed by atoms with Gasteiger partial charge in [0.1, 0.15) is 0 Å². The molecule has 3 heteroatoms. The smallest absolute Gasteiger partial charge is 0.0375 e. The van der Waals surface area contributed by atoms with Crippen molar-refractivity contribution < 1.29 is 0 Å². The average molecular weight is 540 g/mol. The summed E-state index contributed by atoms with van der Waals surface area (Å²) in [4.78, 5) is 0.